The molecular formula is C19H25NO. The van der Waals surface area contributed by atoms with Crippen molar-refractivity contribution in [3.8, 4) is 6.07 Å². The van der Waals surface area contributed by atoms with E-state index in [2.05, 4.69) is 39.0 Å². The largest absolute Gasteiger partial charge is 0.388 e. The standard InChI is InChI=1S/C19H25NO/c1-14-8-17(2,3)12-19(21,9-14)18(13-20)10-15-6-4-5-7-16(15)11-18/h4-7,14,21H,8-12H2,1-3H3. The van der Waals surface area contributed by atoms with Crippen LogP contribution in [0.5, 0.6) is 0 Å². The van der Waals surface area contributed by atoms with Crippen LogP contribution in [-0.4, -0.2) is 10.7 Å². The van der Waals surface area contributed by atoms with Crippen LogP contribution in [0.2, 0.25) is 0 Å². The molecule has 1 aromatic rings. The Bertz CT molecular complexity index is 573. The zero-order valence-electron chi connectivity index (χ0n) is 13.3. The second kappa shape index (κ2) is 4.58. The molecule has 0 spiro atoms. The third-order valence-electron chi connectivity index (χ3n) is 5.57. The van der Waals surface area contributed by atoms with Crippen molar-refractivity contribution < 1.29 is 5.11 Å². The summed E-state index contributed by atoms with van der Waals surface area (Å²) in [6.45, 7) is 6.65. The van der Waals surface area contributed by atoms with Gasteiger partial charge in [-0.3, -0.25) is 0 Å². The van der Waals surface area contributed by atoms with Crippen LogP contribution in [0, 0.1) is 28.1 Å². The first kappa shape index (κ1) is 14.6. The predicted molar refractivity (Wildman–Crippen MR) is 83.6 cm³/mol. The van der Waals surface area contributed by atoms with Gasteiger partial charge in [-0.25, -0.2) is 0 Å². The van der Waals surface area contributed by atoms with E-state index in [-0.39, 0.29) is 5.41 Å². The number of aliphatic hydroxyl groups is 1. The van der Waals surface area contributed by atoms with Crippen LogP contribution in [0.1, 0.15) is 51.2 Å². The topological polar surface area (TPSA) is 44.0 Å². The molecular weight excluding hydrogens is 258 g/mol. The molecule has 1 N–H and O–H groups in total. The average molecular weight is 283 g/mol. The molecule has 3 rings (SSSR count). The van der Waals surface area contributed by atoms with Crippen LogP contribution in [0.25, 0.3) is 0 Å². The lowest BCUT2D eigenvalue weighted by molar-refractivity contribution is -0.123. The average Bonchev–Trinajstić information content (AvgIpc) is 2.76. The molecule has 0 amide bonds. The number of nitriles is 1. The normalized spacial score (nSPS) is 33.2. The molecule has 2 aliphatic rings. The van der Waals surface area contributed by atoms with Crippen LogP contribution < -0.4 is 0 Å². The lowest BCUT2D eigenvalue weighted by atomic mass is 9.56. The zero-order valence-corrected chi connectivity index (χ0v) is 13.3. The molecule has 2 nitrogen and oxygen atoms in total. The van der Waals surface area contributed by atoms with Gasteiger partial charge >= 0.3 is 0 Å². The monoisotopic (exact) mass is 283 g/mol. The second-order valence-electron chi connectivity index (χ2n) is 8.20. The number of hydrogen-bond donors (Lipinski definition) is 1. The summed E-state index contributed by atoms with van der Waals surface area (Å²) >= 11 is 0. The van der Waals surface area contributed by atoms with Gasteiger partial charge in [-0.1, -0.05) is 45.0 Å². The summed E-state index contributed by atoms with van der Waals surface area (Å²) in [7, 11) is 0. The fourth-order valence-corrected chi connectivity index (χ4v) is 5.02. The quantitative estimate of drug-likeness (QED) is 0.850. The van der Waals surface area contributed by atoms with Gasteiger partial charge in [-0.2, -0.15) is 5.26 Å². The zero-order chi connectivity index (χ0) is 15.3. The Kier molecular flexibility index (Phi) is 3.19. The minimum Gasteiger partial charge on any atom is -0.388 e. The lowest BCUT2D eigenvalue weighted by Gasteiger charge is -2.50. The van der Waals surface area contributed by atoms with Crippen LogP contribution in [-0.2, 0) is 12.8 Å². The molecule has 1 saturated carbocycles. The molecule has 0 saturated heterocycles. The van der Waals surface area contributed by atoms with Gasteiger partial charge in [-0.05, 0) is 54.6 Å². The summed E-state index contributed by atoms with van der Waals surface area (Å²) in [5.41, 5.74) is 1.06. The minimum atomic E-state index is -0.873. The smallest absolute Gasteiger partial charge is 0.0940 e. The van der Waals surface area contributed by atoms with E-state index >= 15 is 0 Å². The Morgan fingerprint density at radius 2 is 1.71 bits per heavy atom. The van der Waals surface area contributed by atoms with Gasteiger partial charge in [0.1, 0.15) is 0 Å². The Morgan fingerprint density at radius 1 is 1.14 bits per heavy atom. The highest BCUT2D eigenvalue weighted by Crippen LogP contribution is 2.55. The number of fused-ring (bicyclic) bond motifs is 1. The Hall–Kier alpha value is -1.33. The highest BCUT2D eigenvalue weighted by atomic mass is 16.3. The summed E-state index contributed by atoms with van der Waals surface area (Å²) in [5, 5.41) is 21.4. The van der Waals surface area contributed by atoms with Gasteiger partial charge < -0.3 is 5.11 Å². The summed E-state index contributed by atoms with van der Waals surface area (Å²) in [6.07, 6.45) is 3.99. The van der Waals surface area contributed by atoms with E-state index in [1.165, 1.54) is 11.1 Å². The van der Waals surface area contributed by atoms with Crippen LogP contribution in [0.15, 0.2) is 24.3 Å². The molecule has 21 heavy (non-hydrogen) atoms. The molecule has 2 heteroatoms. The molecule has 112 valence electrons. The van der Waals surface area contributed by atoms with Crippen molar-refractivity contribution in [1.29, 1.82) is 5.26 Å². The fourth-order valence-electron chi connectivity index (χ4n) is 5.02. The first-order valence-electron chi connectivity index (χ1n) is 8.00. The van der Waals surface area contributed by atoms with Gasteiger partial charge in [0.2, 0.25) is 0 Å². The predicted octanol–water partition coefficient (Wildman–Crippen LogP) is 3.87. The first-order valence-corrected chi connectivity index (χ1v) is 8.00. The molecule has 1 fully saturated rings. The summed E-state index contributed by atoms with van der Waals surface area (Å²) in [5.74, 6) is 0.465. The van der Waals surface area contributed by atoms with E-state index in [0.29, 0.717) is 18.8 Å². The van der Waals surface area contributed by atoms with Crippen LogP contribution in [0.3, 0.4) is 0 Å². The molecule has 0 radical (unpaired) electrons. The lowest BCUT2D eigenvalue weighted by Crippen LogP contribution is -2.54. The van der Waals surface area contributed by atoms with Crippen molar-refractivity contribution in [3.63, 3.8) is 0 Å². The molecule has 1 aromatic carbocycles. The molecule has 2 atom stereocenters. The molecule has 0 aromatic heterocycles. The summed E-state index contributed by atoms with van der Waals surface area (Å²) in [4.78, 5) is 0. The van der Waals surface area contributed by atoms with E-state index in [9.17, 15) is 10.4 Å². The van der Waals surface area contributed by atoms with Crippen molar-refractivity contribution in [2.45, 2.75) is 58.5 Å². The number of rotatable bonds is 1. The van der Waals surface area contributed by atoms with Gasteiger partial charge in [-0.15, -0.1) is 0 Å². The van der Waals surface area contributed by atoms with Crippen molar-refractivity contribution in [2.75, 3.05) is 0 Å². The Labute approximate surface area is 127 Å². The Morgan fingerprint density at radius 3 is 2.19 bits per heavy atom. The van der Waals surface area contributed by atoms with E-state index < -0.39 is 11.0 Å². The fraction of sp³-hybridized carbons (Fsp3) is 0.632. The van der Waals surface area contributed by atoms with E-state index in [4.69, 9.17) is 0 Å². The highest BCUT2D eigenvalue weighted by molar-refractivity contribution is 5.39. The first-order chi connectivity index (χ1) is 9.79. The third kappa shape index (κ3) is 2.28. The third-order valence-corrected chi connectivity index (χ3v) is 5.57. The maximum Gasteiger partial charge on any atom is 0.0940 e. The van der Waals surface area contributed by atoms with Crippen LogP contribution in [0.4, 0.5) is 0 Å². The summed E-state index contributed by atoms with van der Waals surface area (Å²) in [6, 6.07) is 10.8. The maximum absolute atomic E-state index is 11.5. The van der Waals surface area contributed by atoms with Crippen molar-refractivity contribution in [3.05, 3.63) is 35.4 Å². The van der Waals surface area contributed by atoms with E-state index in [1.807, 2.05) is 12.1 Å². The number of benzene rings is 1. The highest BCUT2D eigenvalue weighted by Gasteiger charge is 2.57. The van der Waals surface area contributed by atoms with Gasteiger partial charge in [0.25, 0.3) is 0 Å². The molecule has 0 aliphatic heterocycles. The maximum atomic E-state index is 11.5. The Balaban J connectivity index is 2.00. The molecule has 2 aliphatic carbocycles. The number of nitrogens with zero attached hydrogens (tertiary/aromatic N) is 1. The van der Waals surface area contributed by atoms with Crippen molar-refractivity contribution >= 4 is 0 Å². The number of hydrogen-bond acceptors (Lipinski definition) is 2. The molecule has 2 unspecified atom stereocenters. The second-order valence-corrected chi connectivity index (χ2v) is 8.20. The van der Waals surface area contributed by atoms with Gasteiger partial charge in [0.15, 0.2) is 0 Å². The van der Waals surface area contributed by atoms with E-state index in [1.54, 1.807) is 0 Å². The minimum absolute atomic E-state index is 0.102. The molecule has 0 bridgehead atoms. The SMILES string of the molecule is CC1CC(C)(C)CC(O)(C2(C#N)Cc3ccccc3C2)C1. The summed E-state index contributed by atoms with van der Waals surface area (Å²) < 4.78 is 0. The van der Waals surface area contributed by atoms with Gasteiger partial charge in [0.05, 0.1) is 17.1 Å². The van der Waals surface area contributed by atoms with Crippen LogP contribution >= 0.6 is 0 Å². The van der Waals surface area contributed by atoms with Gasteiger partial charge in [0, 0.05) is 0 Å². The van der Waals surface area contributed by atoms with Crippen molar-refractivity contribution in [1.82, 2.24) is 0 Å². The van der Waals surface area contributed by atoms with E-state index in [0.717, 1.165) is 19.3 Å². The van der Waals surface area contributed by atoms with Crippen molar-refractivity contribution in [2.24, 2.45) is 16.7 Å². The molecule has 0 heterocycles.